The van der Waals surface area contributed by atoms with Gasteiger partial charge in [0.25, 0.3) is 0 Å². The molecule has 1 aromatic rings. The SMILES string of the molecule is CN=C(NCc1ccc(CN(C)C)cc1)NCC(C)(C)OC. The molecule has 22 heavy (non-hydrogen) atoms. The van der Waals surface area contributed by atoms with E-state index in [0.717, 1.165) is 19.0 Å². The Morgan fingerprint density at radius 3 is 2.23 bits per heavy atom. The van der Waals surface area contributed by atoms with E-state index >= 15 is 0 Å². The molecule has 0 aliphatic heterocycles. The Kier molecular flexibility index (Phi) is 7.35. The first-order valence-electron chi connectivity index (χ1n) is 7.58. The van der Waals surface area contributed by atoms with Crippen LogP contribution < -0.4 is 10.6 Å². The predicted octanol–water partition coefficient (Wildman–Crippen LogP) is 1.84. The third kappa shape index (κ3) is 6.91. The Bertz CT molecular complexity index is 466. The number of nitrogens with one attached hydrogen (secondary N) is 2. The maximum atomic E-state index is 5.39. The topological polar surface area (TPSA) is 48.9 Å². The number of aliphatic imine (C=N–C) groups is 1. The summed E-state index contributed by atoms with van der Waals surface area (Å²) in [5, 5.41) is 6.59. The molecule has 0 fully saturated rings. The van der Waals surface area contributed by atoms with Crippen LogP contribution in [-0.4, -0.2) is 51.3 Å². The van der Waals surface area contributed by atoms with Crippen molar-refractivity contribution in [2.45, 2.75) is 32.5 Å². The van der Waals surface area contributed by atoms with Crippen LogP contribution >= 0.6 is 0 Å². The molecular formula is C17H30N4O. The molecule has 0 aliphatic carbocycles. The highest BCUT2D eigenvalue weighted by atomic mass is 16.5. The quantitative estimate of drug-likeness (QED) is 0.596. The van der Waals surface area contributed by atoms with Crippen molar-refractivity contribution in [1.29, 1.82) is 0 Å². The third-order valence-corrected chi connectivity index (χ3v) is 3.44. The van der Waals surface area contributed by atoms with Gasteiger partial charge in [-0.1, -0.05) is 24.3 Å². The fourth-order valence-electron chi connectivity index (χ4n) is 1.90. The van der Waals surface area contributed by atoms with E-state index in [9.17, 15) is 0 Å². The molecule has 124 valence electrons. The average molecular weight is 306 g/mol. The van der Waals surface area contributed by atoms with Crippen LogP contribution in [0.1, 0.15) is 25.0 Å². The highest BCUT2D eigenvalue weighted by Crippen LogP contribution is 2.06. The molecule has 0 aliphatic rings. The molecule has 5 nitrogen and oxygen atoms in total. The number of ether oxygens (including phenoxy) is 1. The summed E-state index contributed by atoms with van der Waals surface area (Å²) >= 11 is 0. The van der Waals surface area contributed by atoms with E-state index < -0.39 is 0 Å². The van der Waals surface area contributed by atoms with E-state index in [2.05, 4.69) is 58.9 Å². The number of hydrogen-bond donors (Lipinski definition) is 2. The zero-order valence-corrected chi connectivity index (χ0v) is 14.7. The Morgan fingerprint density at radius 2 is 1.73 bits per heavy atom. The molecule has 0 amide bonds. The molecule has 0 saturated heterocycles. The minimum absolute atomic E-state index is 0.217. The summed E-state index contributed by atoms with van der Waals surface area (Å²) in [6.07, 6.45) is 0. The highest BCUT2D eigenvalue weighted by molar-refractivity contribution is 5.79. The molecule has 0 unspecified atom stereocenters. The van der Waals surface area contributed by atoms with Crippen LogP contribution in [0.2, 0.25) is 0 Å². The molecule has 0 radical (unpaired) electrons. The van der Waals surface area contributed by atoms with E-state index in [4.69, 9.17) is 4.74 Å². The molecule has 0 bridgehead atoms. The summed E-state index contributed by atoms with van der Waals surface area (Å²) in [5.74, 6) is 0.780. The fraction of sp³-hybridized carbons (Fsp3) is 0.588. The minimum atomic E-state index is -0.217. The number of rotatable bonds is 7. The molecule has 2 N–H and O–H groups in total. The van der Waals surface area contributed by atoms with Crippen molar-refractivity contribution in [3.63, 3.8) is 0 Å². The summed E-state index contributed by atoms with van der Waals surface area (Å²) < 4.78 is 5.39. The van der Waals surface area contributed by atoms with Crippen molar-refractivity contribution in [2.75, 3.05) is 34.8 Å². The van der Waals surface area contributed by atoms with Gasteiger partial charge in [-0.05, 0) is 39.1 Å². The molecule has 1 aromatic carbocycles. The van der Waals surface area contributed by atoms with Crippen molar-refractivity contribution in [2.24, 2.45) is 4.99 Å². The van der Waals surface area contributed by atoms with Gasteiger partial charge in [0.1, 0.15) is 0 Å². The van der Waals surface area contributed by atoms with E-state index in [1.807, 2.05) is 13.8 Å². The monoisotopic (exact) mass is 306 g/mol. The summed E-state index contributed by atoms with van der Waals surface area (Å²) in [4.78, 5) is 6.39. The van der Waals surface area contributed by atoms with Crippen molar-refractivity contribution >= 4 is 5.96 Å². The van der Waals surface area contributed by atoms with Gasteiger partial charge in [-0.25, -0.2) is 0 Å². The van der Waals surface area contributed by atoms with E-state index in [1.165, 1.54) is 11.1 Å². The lowest BCUT2D eigenvalue weighted by molar-refractivity contribution is 0.0268. The average Bonchev–Trinajstić information content (AvgIpc) is 2.48. The van der Waals surface area contributed by atoms with Gasteiger partial charge in [-0.15, -0.1) is 0 Å². The number of hydrogen-bond acceptors (Lipinski definition) is 3. The fourth-order valence-corrected chi connectivity index (χ4v) is 1.90. The highest BCUT2D eigenvalue weighted by Gasteiger charge is 2.16. The van der Waals surface area contributed by atoms with Crippen molar-refractivity contribution in [3.05, 3.63) is 35.4 Å². The van der Waals surface area contributed by atoms with Gasteiger partial charge in [0.15, 0.2) is 5.96 Å². The summed E-state index contributed by atoms with van der Waals surface area (Å²) in [5.41, 5.74) is 2.33. The van der Waals surface area contributed by atoms with Crippen LogP contribution in [0.3, 0.4) is 0 Å². The van der Waals surface area contributed by atoms with Crippen LogP contribution in [0.4, 0.5) is 0 Å². The molecule has 0 atom stereocenters. The molecule has 1 rings (SSSR count). The molecule has 0 spiro atoms. The lowest BCUT2D eigenvalue weighted by atomic mass is 10.1. The summed E-state index contributed by atoms with van der Waals surface area (Å²) in [7, 11) is 7.64. The smallest absolute Gasteiger partial charge is 0.191 e. The Balaban J connectivity index is 2.46. The molecule has 0 aromatic heterocycles. The van der Waals surface area contributed by atoms with Gasteiger partial charge in [-0.3, -0.25) is 4.99 Å². The second kappa shape index (κ2) is 8.76. The van der Waals surface area contributed by atoms with Gasteiger partial charge in [0.05, 0.1) is 5.60 Å². The second-order valence-corrected chi connectivity index (χ2v) is 6.30. The van der Waals surface area contributed by atoms with Crippen LogP contribution in [0.15, 0.2) is 29.3 Å². The standard InChI is InChI=1S/C17H30N4O/c1-17(2,22-6)13-20-16(18-3)19-11-14-7-9-15(10-8-14)12-21(4)5/h7-10H,11-13H2,1-6H3,(H2,18,19,20). The summed E-state index contributed by atoms with van der Waals surface area (Å²) in [6.45, 7) is 6.48. The van der Waals surface area contributed by atoms with Gasteiger partial charge >= 0.3 is 0 Å². The third-order valence-electron chi connectivity index (χ3n) is 3.44. The first kappa shape index (κ1) is 18.5. The maximum Gasteiger partial charge on any atom is 0.191 e. The molecule has 5 heteroatoms. The zero-order valence-electron chi connectivity index (χ0n) is 14.7. The van der Waals surface area contributed by atoms with E-state index in [-0.39, 0.29) is 5.60 Å². The number of methoxy groups -OCH3 is 1. The first-order chi connectivity index (χ1) is 10.4. The van der Waals surface area contributed by atoms with Gasteiger partial charge in [0.2, 0.25) is 0 Å². The first-order valence-corrected chi connectivity index (χ1v) is 7.58. The van der Waals surface area contributed by atoms with Crippen LogP contribution in [-0.2, 0) is 17.8 Å². The van der Waals surface area contributed by atoms with Gasteiger partial charge in [-0.2, -0.15) is 0 Å². The van der Waals surface area contributed by atoms with E-state index in [1.54, 1.807) is 14.2 Å². The van der Waals surface area contributed by atoms with Crippen LogP contribution in [0.5, 0.6) is 0 Å². The summed E-state index contributed by atoms with van der Waals surface area (Å²) in [6, 6.07) is 8.64. The molecule has 0 heterocycles. The van der Waals surface area contributed by atoms with Crippen molar-refractivity contribution < 1.29 is 4.74 Å². The van der Waals surface area contributed by atoms with Gasteiger partial charge < -0.3 is 20.3 Å². The lowest BCUT2D eigenvalue weighted by Crippen LogP contribution is -2.45. The van der Waals surface area contributed by atoms with E-state index in [0.29, 0.717) is 6.54 Å². The van der Waals surface area contributed by atoms with Crippen LogP contribution in [0.25, 0.3) is 0 Å². The number of nitrogens with zero attached hydrogens (tertiary/aromatic N) is 2. The largest absolute Gasteiger partial charge is 0.377 e. The van der Waals surface area contributed by atoms with Crippen LogP contribution in [0, 0.1) is 0 Å². The normalized spacial score (nSPS) is 12.6. The molecular weight excluding hydrogens is 276 g/mol. The Hall–Kier alpha value is -1.59. The zero-order chi connectivity index (χ0) is 16.6. The maximum absolute atomic E-state index is 5.39. The Labute approximate surface area is 134 Å². The van der Waals surface area contributed by atoms with Crippen molar-refractivity contribution in [1.82, 2.24) is 15.5 Å². The van der Waals surface area contributed by atoms with Crippen molar-refractivity contribution in [3.8, 4) is 0 Å². The lowest BCUT2D eigenvalue weighted by Gasteiger charge is -2.24. The minimum Gasteiger partial charge on any atom is -0.377 e. The van der Waals surface area contributed by atoms with Gasteiger partial charge in [0, 0.05) is 33.8 Å². The second-order valence-electron chi connectivity index (χ2n) is 6.30. The molecule has 0 saturated carbocycles. The number of benzene rings is 1. The Morgan fingerprint density at radius 1 is 1.14 bits per heavy atom. The predicted molar refractivity (Wildman–Crippen MR) is 93.1 cm³/mol. The number of guanidine groups is 1.